The SMILES string of the molecule is O=C(Cc1cc(F)cc(Br)c1)c1cc(F)ccc1Br. The van der Waals surface area contributed by atoms with E-state index >= 15 is 0 Å². The molecule has 0 heterocycles. The van der Waals surface area contributed by atoms with Crippen LogP contribution in [0.2, 0.25) is 0 Å². The highest BCUT2D eigenvalue weighted by atomic mass is 79.9. The lowest BCUT2D eigenvalue weighted by atomic mass is 10.0. The van der Waals surface area contributed by atoms with E-state index < -0.39 is 11.6 Å². The number of carbonyl (C=O) groups excluding carboxylic acids is 1. The molecule has 0 aliphatic heterocycles. The minimum atomic E-state index is -0.480. The summed E-state index contributed by atoms with van der Waals surface area (Å²) in [5.74, 6) is -1.17. The van der Waals surface area contributed by atoms with Gasteiger partial charge in [-0.1, -0.05) is 31.9 Å². The van der Waals surface area contributed by atoms with Gasteiger partial charge < -0.3 is 0 Å². The minimum absolute atomic E-state index is 0.0123. The molecule has 0 N–H and O–H groups in total. The highest BCUT2D eigenvalue weighted by Gasteiger charge is 2.13. The minimum Gasteiger partial charge on any atom is -0.294 e. The molecule has 0 aliphatic rings. The maximum absolute atomic E-state index is 13.2. The summed E-state index contributed by atoms with van der Waals surface area (Å²) >= 11 is 6.37. The molecule has 19 heavy (non-hydrogen) atoms. The zero-order valence-corrected chi connectivity index (χ0v) is 12.8. The van der Waals surface area contributed by atoms with Crippen molar-refractivity contribution >= 4 is 37.6 Å². The molecule has 0 radical (unpaired) electrons. The lowest BCUT2D eigenvalue weighted by Crippen LogP contribution is -2.05. The average molecular weight is 390 g/mol. The third kappa shape index (κ3) is 3.70. The third-order valence-corrected chi connectivity index (χ3v) is 3.67. The van der Waals surface area contributed by atoms with Crippen molar-refractivity contribution in [2.75, 3.05) is 0 Å². The largest absolute Gasteiger partial charge is 0.294 e. The van der Waals surface area contributed by atoms with Crippen molar-refractivity contribution in [1.29, 1.82) is 0 Å². The summed E-state index contributed by atoms with van der Waals surface area (Å²) < 4.78 is 27.4. The molecular weight excluding hydrogens is 382 g/mol. The second-order valence-corrected chi connectivity index (χ2v) is 5.77. The molecule has 0 spiro atoms. The Morgan fingerprint density at radius 1 is 1.00 bits per heavy atom. The Bertz CT molecular complexity index is 621. The van der Waals surface area contributed by atoms with Gasteiger partial charge in [0, 0.05) is 20.9 Å². The van der Waals surface area contributed by atoms with Gasteiger partial charge in [0.05, 0.1) is 0 Å². The van der Waals surface area contributed by atoms with E-state index in [1.54, 1.807) is 6.07 Å². The van der Waals surface area contributed by atoms with Crippen LogP contribution in [-0.2, 0) is 6.42 Å². The van der Waals surface area contributed by atoms with Gasteiger partial charge in [0.2, 0.25) is 0 Å². The van der Waals surface area contributed by atoms with Crippen LogP contribution in [-0.4, -0.2) is 5.78 Å². The number of benzene rings is 2. The van der Waals surface area contributed by atoms with E-state index in [4.69, 9.17) is 0 Å². The van der Waals surface area contributed by atoms with Crippen LogP contribution in [0.15, 0.2) is 45.3 Å². The van der Waals surface area contributed by atoms with Gasteiger partial charge in [0.25, 0.3) is 0 Å². The summed E-state index contributed by atoms with van der Waals surface area (Å²) in [5.41, 5.74) is 0.786. The Morgan fingerprint density at radius 3 is 2.42 bits per heavy atom. The lowest BCUT2D eigenvalue weighted by Gasteiger charge is -2.05. The first-order chi connectivity index (χ1) is 8.95. The van der Waals surface area contributed by atoms with Gasteiger partial charge >= 0.3 is 0 Å². The van der Waals surface area contributed by atoms with E-state index in [1.807, 2.05) is 0 Å². The number of carbonyl (C=O) groups is 1. The number of halogens is 4. The zero-order chi connectivity index (χ0) is 14.0. The molecule has 0 bridgehead atoms. The molecule has 0 aromatic heterocycles. The average Bonchev–Trinajstić information content (AvgIpc) is 2.30. The number of hydrogen-bond acceptors (Lipinski definition) is 1. The van der Waals surface area contributed by atoms with Crippen LogP contribution < -0.4 is 0 Å². The number of rotatable bonds is 3. The number of hydrogen-bond donors (Lipinski definition) is 0. The smallest absolute Gasteiger partial charge is 0.168 e. The van der Waals surface area contributed by atoms with Crippen LogP contribution in [0.5, 0.6) is 0 Å². The van der Waals surface area contributed by atoms with Crippen LogP contribution in [0.25, 0.3) is 0 Å². The summed E-state index contributed by atoms with van der Waals surface area (Å²) in [6, 6.07) is 8.17. The fraction of sp³-hybridized carbons (Fsp3) is 0.0714. The quantitative estimate of drug-likeness (QED) is 0.681. The highest BCUT2D eigenvalue weighted by Crippen LogP contribution is 2.21. The molecular formula is C14H8Br2F2O. The molecule has 0 fully saturated rings. The van der Waals surface area contributed by atoms with Gasteiger partial charge in [0.1, 0.15) is 11.6 Å². The van der Waals surface area contributed by atoms with Crippen molar-refractivity contribution in [3.63, 3.8) is 0 Å². The fourth-order valence-electron chi connectivity index (χ4n) is 1.70. The Kier molecular flexibility index (Phi) is 4.47. The Hall–Kier alpha value is -1.07. The molecule has 0 aliphatic carbocycles. The predicted molar refractivity (Wildman–Crippen MR) is 76.2 cm³/mol. The first-order valence-corrected chi connectivity index (χ1v) is 6.97. The molecule has 5 heteroatoms. The van der Waals surface area contributed by atoms with Crippen molar-refractivity contribution in [1.82, 2.24) is 0 Å². The van der Waals surface area contributed by atoms with Gasteiger partial charge in [-0.05, 0) is 42.0 Å². The topological polar surface area (TPSA) is 17.1 Å². The van der Waals surface area contributed by atoms with E-state index in [0.29, 0.717) is 14.5 Å². The van der Waals surface area contributed by atoms with Gasteiger partial charge in [0.15, 0.2) is 5.78 Å². The van der Waals surface area contributed by atoms with E-state index in [9.17, 15) is 13.6 Å². The molecule has 98 valence electrons. The Balaban J connectivity index is 2.28. The maximum atomic E-state index is 13.2. The lowest BCUT2D eigenvalue weighted by molar-refractivity contribution is 0.0991. The van der Waals surface area contributed by atoms with E-state index in [2.05, 4.69) is 31.9 Å². The van der Waals surface area contributed by atoms with Crippen molar-refractivity contribution in [3.05, 3.63) is 68.1 Å². The van der Waals surface area contributed by atoms with Crippen LogP contribution in [0.1, 0.15) is 15.9 Å². The van der Waals surface area contributed by atoms with Crippen molar-refractivity contribution in [2.45, 2.75) is 6.42 Å². The number of Topliss-reactive ketones (excluding diaryl/α,β-unsaturated/α-hetero) is 1. The summed E-state index contributed by atoms with van der Waals surface area (Å²) in [6.45, 7) is 0. The molecule has 2 aromatic rings. The van der Waals surface area contributed by atoms with E-state index in [1.165, 1.54) is 30.3 Å². The van der Waals surface area contributed by atoms with Gasteiger partial charge in [-0.15, -0.1) is 0 Å². The molecule has 0 saturated heterocycles. The molecule has 0 atom stereocenters. The Labute approximate surface area is 125 Å². The molecule has 0 amide bonds. The second-order valence-electron chi connectivity index (χ2n) is 4.00. The van der Waals surface area contributed by atoms with Crippen LogP contribution in [0.4, 0.5) is 8.78 Å². The maximum Gasteiger partial charge on any atom is 0.168 e. The molecule has 2 rings (SSSR count). The normalized spacial score (nSPS) is 10.5. The van der Waals surface area contributed by atoms with Crippen LogP contribution in [0, 0.1) is 11.6 Å². The zero-order valence-electron chi connectivity index (χ0n) is 9.59. The molecule has 0 saturated carbocycles. The summed E-state index contributed by atoms with van der Waals surface area (Å²) in [4.78, 5) is 12.1. The molecule has 0 unspecified atom stereocenters. The highest BCUT2D eigenvalue weighted by molar-refractivity contribution is 9.10. The predicted octanol–water partition coefficient (Wildman–Crippen LogP) is 4.92. The van der Waals surface area contributed by atoms with Crippen LogP contribution >= 0.6 is 31.9 Å². The van der Waals surface area contributed by atoms with Crippen molar-refractivity contribution in [2.24, 2.45) is 0 Å². The first-order valence-electron chi connectivity index (χ1n) is 5.39. The van der Waals surface area contributed by atoms with Gasteiger partial charge in [-0.3, -0.25) is 4.79 Å². The van der Waals surface area contributed by atoms with E-state index in [-0.39, 0.29) is 17.8 Å². The van der Waals surface area contributed by atoms with Gasteiger partial charge in [-0.2, -0.15) is 0 Å². The molecule has 1 nitrogen and oxygen atoms in total. The first kappa shape index (κ1) is 14.3. The summed E-state index contributed by atoms with van der Waals surface area (Å²) in [6.07, 6.45) is 0.0123. The summed E-state index contributed by atoms with van der Waals surface area (Å²) in [7, 11) is 0. The second kappa shape index (κ2) is 5.92. The van der Waals surface area contributed by atoms with Gasteiger partial charge in [-0.25, -0.2) is 8.78 Å². The third-order valence-electron chi connectivity index (χ3n) is 2.52. The number of ketones is 1. The molecule has 2 aromatic carbocycles. The Morgan fingerprint density at radius 2 is 1.74 bits per heavy atom. The standard InChI is InChI=1S/C14H8Br2F2O/c15-9-3-8(4-11(18)6-9)5-14(19)12-7-10(17)1-2-13(12)16/h1-4,6-7H,5H2. The monoisotopic (exact) mass is 388 g/mol. The summed E-state index contributed by atoms with van der Waals surface area (Å²) in [5, 5.41) is 0. The van der Waals surface area contributed by atoms with Crippen molar-refractivity contribution < 1.29 is 13.6 Å². The van der Waals surface area contributed by atoms with E-state index in [0.717, 1.165) is 0 Å². The van der Waals surface area contributed by atoms with Crippen LogP contribution in [0.3, 0.4) is 0 Å². The fourth-order valence-corrected chi connectivity index (χ4v) is 2.69. The van der Waals surface area contributed by atoms with Crippen molar-refractivity contribution in [3.8, 4) is 0 Å².